The normalized spacial score (nSPS) is 18.1. The number of benzene rings is 2. The molecule has 11 nitrogen and oxygen atoms in total. The lowest BCUT2D eigenvalue weighted by molar-refractivity contribution is -0.123. The fourth-order valence-corrected chi connectivity index (χ4v) is 8.29. The summed E-state index contributed by atoms with van der Waals surface area (Å²) >= 11 is 6.57. The molecule has 1 fully saturated rings. The first-order valence-electron chi connectivity index (χ1n) is 17.2. The lowest BCUT2D eigenvalue weighted by Gasteiger charge is -2.34. The molecule has 56 heavy (non-hydrogen) atoms. The van der Waals surface area contributed by atoms with E-state index in [9.17, 15) is 35.9 Å². The molecule has 0 bridgehead atoms. The van der Waals surface area contributed by atoms with Crippen molar-refractivity contribution in [2.75, 3.05) is 11.0 Å². The fourth-order valence-electron chi connectivity index (χ4n) is 7.56. The molecule has 4 atom stereocenters. The van der Waals surface area contributed by atoms with Crippen LogP contribution in [-0.4, -0.2) is 56.3 Å². The number of carbonyl (C=O) groups is 1. The van der Waals surface area contributed by atoms with Gasteiger partial charge in [0.05, 0.1) is 33.9 Å². The highest BCUT2D eigenvalue weighted by molar-refractivity contribution is 7.92. The number of alkyl halides is 4. The quantitative estimate of drug-likeness (QED) is 0.108. The molecule has 1 amide bonds. The van der Waals surface area contributed by atoms with Crippen LogP contribution in [0.3, 0.4) is 0 Å². The number of aliphatic hydroxyl groups excluding tert-OH is 1. The summed E-state index contributed by atoms with van der Waals surface area (Å²) in [4.78, 5) is 18.6. The number of hydrogen-bond donors (Lipinski definition) is 3. The van der Waals surface area contributed by atoms with Crippen LogP contribution in [0.2, 0.25) is 5.02 Å². The van der Waals surface area contributed by atoms with E-state index in [1.807, 2.05) is 0 Å². The second kappa shape index (κ2) is 14.4. The van der Waals surface area contributed by atoms with Gasteiger partial charge >= 0.3 is 0 Å². The van der Waals surface area contributed by atoms with Gasteiger partial charge in [0.25, 0.3) is 12.3 Å². The molecule has 2 aliphatic rings. The van der Waals surface area contributed by atoms with Crippen molar-refractivity contribution >= 4 is 44.3 Å². The Morgan fingerprint density at radius 1 is 1.07 bits per heavy atom. The molecule has 0 radical (unpaired) electrons. The van der Waals surface area contributed by atoms with Crippen LogP contribution in [0.25, 0.3) is 22.0 Å². The molecule has 5 aromatic rings. The van der Waals surface area contributed by atoms with Crippen LogP contribution in [0.1, 0.15) is 72.1 Å². The summed E-state index contributed by atoms with van der Waals surface area (Å²) in [6, 6.07) is 7.49. The van der Waals surface area contributed by atoms with E-state index in [1.165, 1.54) is 30.8 Å². The van der Waals surface area contributed by atoms with Crippen LogP contribution in [0.5, 0.6) is 0 Å². The number of halogens is 7. The number of carbonyl (C=O) groups excluding carboxylic acids is 1. The number of aliphatic hydroxyl groups is 1. The average Bonchev–Trinajstić information content (AvgIpc) is 3.64. The van der Waals surface area contributed by atoms with Crippen molar-refractivity contribution in [2.24, 2.45) is 13.0 Å². The highest BCUT2D eigenvalue weighted by atomic mass is 35.5. The van der Waals surface area contributed by atoms with Crippen molar-refractivity contribution in [1.82, 2.24) is 29.9 Å². The third kappa shape index (κ3) is 7.30. The topological polar surface area (TPSA) is 144 Å². The van der Waals surface area contributed by atoms with Gasteiger partial charge in [0.2, 0.25) is 15.9 Å². The van der Waals surface area contributed by atoms with Crippen molar-refractivity contribution in [3.8, 4) is 23.0 Å². The first kappa shape index (κ1) is 39.1. The predicted molar refractivity (Wildman–Crippen MR) is 193 cm³/mol. The zero-order valence-corrected chi connectivity index (χ0v) is 31.3. The van der Waals surface area contributed by atoms with Crippen LogP contribution in [0, 0.1) is 29.4 Å². The lowest BCUT2D eigenvalue weighted by Crippen LogP contribution is -2.36. The highest BCUT2D eigenvalue weighted by Gasteiger charge is 2.62. The van der Waals surface area contributed by atoms with Crippen molar-refractivity contribution in [2.45, 2.75) is 63.1 Å². The van der Waals surface area contributed by atoms with E-state index in [-0.39, 0.29) is 63.6 Å². The van der Waals surface area contributed by atoms with E-state index in [0.29, 0.717) is 21.8 Å². The smallest absolute Gasteiger partial charge is 0.293 e. The number of nitrogens with zero attached hydrogens (tertiary/aromatic N) is 5. The van der Waals surface area contributed by atoms with Gasteiger partial charge in [-0.25, -0.2) is 31.0 Å². The van der Waals surface area contributed by atoms with E-state index in [2.05, 4.69) is 37.1 Å². The second-order valence-electron chi connectivity index (χ2n) is 13.9. The Balaban J connectivity index is 1.38. The number of sulfonamides is 1. The second-order valence-corrected chi connectivity index (χ2v) is 16.0. The molecular formula is C37H32ClF6N7O4S. The molecule has 2 aliphatic carbocycles. The van der Waals surface area contributed by atoms with Gasteiger partial charge < -0.3 is 10.4 Å². The number of nitrogens with one attached hydrogen (secondary N) is 2. The molecule has 0 saturated heterocycles. The Morgan fingerprint density at radius 3 is 2.39 bits per heavy atom. The van der Waals surface area contributed by atoms with Gasteiger partial charge in [0, 0.05) is 35.7 Å². The summed E-state index contributed by atoms with van der Waals surface area (Å²) in [5, 5.41) is 21.0. The number of pyridine rings is 1. The third-order valence-corrected chi connectivity index (χ3v) is 10.7. The molecule has 3 heterocycles. The summed E-state index contributed by atoms with van der Waals surface area (Å²) in [6.45, 7) is 0.502. The summed E-state index contributed by atoms with van der Waals surface area (Å²) in [6.07, 6.45) is -3.25. The van der Waals surface area contributed by atoms with E-state index < -0.39 is 81.8 Å². The van der Waals surface area contributed by atoms with Gasteiger partial charge in [-0.05, 0) is 73.9 Å². The Hall–Kier alpha value is -5.12. The molecule has 294 valence electrons. The Bertz CT molecular complexity index is 2560. The molecule has 0 spiro atoms. The predicted octanol–water partition coefficient (Wildman–Crippen LogP) is 6.50. The molecule has 3 aromatic heterocycles. The number of anilines is 1. The van der Waals surface area contributed by atoms with Gasteiger partial charge in [-0.3, -0.25) is 18.9 Å². The Labute approximate surface area is 321 Å². The summed E-state index contributed by atoms with van der Waals surface area (Å²) in [5.74, 6) is -3.16. The Kier molecular flexibility index (Phi) is 10.1. The zero-order chi connectivity index (χ0) is 40.4. The molecular weight excluding hydrogens is 788 g/mol. The number of rotatable bonds is 10. The van der Waals surface area contributed by atoms with Gasteiger partial charge in [0.1, 0.15) is 41.4 Å². The molecule has 4 unspecified atom stereocenters. The maximum absolute atomic E-state index is 15.6. The molecule has 3 N–H and O–H groups in total. The molecule has 1 saturated carbocycles. The molecule has 7 rings (SSSR count). The zero-order valence-electron chi connectivity index (χ0n) is 29.7. The minimum atomic E-state index is -3.83. The van der Waals surface area contributed by atoms with Crippen LogP contribution >= 0.6 is 11.6 Å². The van der Waals surface area contributed by atoms with E-state index >= 15 is 8.78 Å². The number of aryl methyl sites for hydroxylation is 1. The first-order valence-corrected chi connectivity index (χ1v) is 19.4. The first-order chi connectivity index (χ1) is 26.3. The number of hydrogen-bond acceptors (Lipinski definition) is 7. The van der Waals surface area contributed by atoms with Crippen LogP contribution < -0.4 is 10.0 Å². The van der Waals surface area contributed by atoms with Crippen LogP contribution in [0.4, 0.5) is 32.2 Å². The lowest BCUT2D eigenvalue weighted by atomic mass is 9.73. The van der Waals surface area contributed by atoms with Crippen LogP contribution in [0.15, 0.2) is 42.5 Å². The average molecular weight is 820 g/mol. The van der Waals surface area contributed by atoms with Gasteiger partial charge in [-0.2, -0.15) is 19.0 Å². The van der Waals surface area contributed by atoms with Gasteiger partial charge in [0.15, 0.2) is 5.82 Å². The van der Waals surface area contributed by atoms with Gasteiger partial charge in [-0.1, -0.05) is 23.6 Å². The number of amides is 1. The summed E-state index contributed by atoms with van der Waals surface area (Å²) in [7, 11) is -2.30. The van der Waals surface area contributed by atoms with Gasteiger partial charge in [-0.15, -0.1) is 0 Å². The van der Waals surface area contributed by atoms with E-state index in [1.54, 1.807) is 12.1 Å². The minimum Gasteiger partial charge on any atom is -0.381 e. The molecule has 2 aromatic carbocycles. The maximum Gasteiger partial charge on any atom is 0.293 e. The highest BCUT2D eigenvalue weighted by Crippen LogP contribution is 2.63. The van der Waals surface area contributed by atoms with Crippen molar-refractivity contribution in [3.05, 3.63) is 93.0 Å². The third-order valence-electron chi connectivity index (χ3n) is 9.82. The van der Waals surface area contributed by atoms with E-state index in [4.69, 9.17) is 11.6 Å². The van der Waals surface area contributed by atoms with Crippen molar-refractivity contribution in [1.29, 1.82) is 0 Å². The fraction of sp³-hybridized carbons (Fsp3) is 0.351. The number of fused-ring (bicyclic) bond motifs is 4. The largest absolute Gasteiger partial charge is 0.381 e. The maximum atomic E-state index is 15.6. The Morgan fingerprint density at radius 2 is 1.77 bits per heavy atom. The van der Waals surface area contributed by atoms with Crippen molar-refractivity contribution in [3.63, 3.8) is 0 Å². The summed E-state index contributed by atoms with van der Waals surface area (Å²) < 4.78 is 117. The van der Waals surface area contributed by atoms with E-state index in [0.717, 1.165) is 18.4 Å². The molecule has 0 aliphatic heterocycles. The molecule has 19 heteroatoms. The summed E-state index contributed by atoms with van der Waals surface area (Å²) in [5.41, 5.74) is -0.708. The van der Waals surface area contributed by atoms with Crippen LogP contribution in [-0.2, 0) is 40.8 Å². The minimum absolute atomic E-state index is 0.0326. The number of aromatic nitrogens is 5. The van der Waals surface area contributed by atoms with Crippen molar-refractivity contribution < 1.29 is 44.7 Å². The monoisotopic (exact) mass is 819 g/mol. The standard InChI is InChI=1S/C37H32ClF6N7O4S/c1-17(52)4-5-21-6-7-22(23-9-11-26(38)30-33(23)50(2)48-36(30)49-56(3,54)55)31(45-21)27(14-18-12-19(39)15-20(40)13-18)46-28(53)16-51-34-29(32(47-51)35(41)42)24-8-10-25(24)37(34,43)44/h6-7,9,11-13,15,17,24-25,27,35,52H,8,10,14,16H2,1-3H3,(H,46,53)(H,48,49). The SMILES string of the molecule is CC(O)C#Cc1ccc(-c2ccc(Cl)c3c(NS(C)(=O)=O)nn(C)c23)c(C(Cc2cc(F)cc(F)c2)NC(=O)Cn2nc(C(F)F)c3c2C(F)(F)C2CCC32)n1.